The fraction of sp³-hybridized carbons (Fsp3) is 0.818. The number of nitrogens with zero attached hydrogens (tertiary/aromatic N) is 1. The van der Waals surface area contributed by atoms with Crippen molar-refractivity contribution in [3.8, 4) is 0 Å². The smallest absolute Gasteiger partial charge is 0.310 e. The summed E-state index contributed by atoms with van der Waals surface area (Å²) in [5.41, 5.74) is -1.05. The zero-order valence-corrected chi connectivity index (χ0v) is 12.1. The maximum absolute atomic E-state index is 12.1. The molecule has 1 saturated heterocycles. The van der Waals surface area contributed by atoms with Crippen molar-refractivity contribution >= 4 is 22.0 Å². The van der Waals surface area contributed by atoms with Gasteiger partial charge in [-0.1, -0.05) is 6.92 Å². The van der Waals surface area contributed by atoms with Crippen LogP contribution in [0.1, 0.15) is 20.3 Å². The van der Waals surface area contributed by atoms with Crippen LogP contribution in [0.15, 0.2) is 0 Å². The van der Waals surface area contributed by atoms with Crippen molar-refractivity contribution in [3.63, 3.8) is 0 Å². The highest BCUT2D eigenvalue weighted by Crippen LogP contribution is 2.32. The zero-order valence-electron chi connectivity index (χ0n) is 11.2. The van der Waals surface area contributed by atoms with Crippen molar-refractivity contribution < 1.29 is 27.9 Å². The second-order valence-electron chi connectivity index (χ2n) is 5.15. The van der Waals surface area contributed by atoms with E-state index in [2.05, 4.69) is 4.74 Å². The average molecular weight is 293 g/mol. The van der Waals surface area contributed by atoms with Crippen LogP contribution in [0, 0.1) is 11.3 Å². The SMILES string of the molecule is COC(=O)C(C)CS(=O)(=O)N1CCC(C)(C(=O)O)C1. The topological polar surface area (TPSA) is 101 Å². The van der Waals surface area contributed by atoms with Gasteiger partial charge in [-0.05, 0) is 13.3 Å². The van der Waals surface area contributed by atoms with E-state index in [0.717, 1.165) is 4.31 Å². The van der Waals surface area contributed by atoms with Crippen LogP contribution < -0.4 is 0 Å². The quantitative estimate of drug-likeness (QED) is 0.712. The summed E-state index contributed by atoms with van der Waals surface area (Å²) in [5.74, 6) is -2.74. The van der Waals surface area contributed by atoms with Crippen LogP contribution in [0.2, 0.25) is 0 Å². The molecule has 0 amide bonds. The minimum Gasteiger partial charge on any atom is -0.481 e. The number of carboxylic acids is 1. The number of hydrogen-bond acceptors (Lipinski definition) is 5. The monoisotopic (exact) mass is 293 g/mol. The number of carboxylic acid groups (broad SMARTS) is 1. The lowest BCUT2D eigenvalue weighted by atomic mass is 9.90. The van der Waals surface area contributed by atoms with Gasteiger partial charge in [0.05, 0.1) is 24.2 Å². The van der Waals surface area contributed by atoms with Crippen LogP contribution >= 0.6 is 0 Å². The third kappa shape index (κ3) is 3.44. The Labute approximate surface area is 112 Å². The fourth-order valence-electron chi connectivity index (χ4n) is 2.02. The Bertz CT molecular complexity index is 474. The van der Waals surface area contributed by atoms with Gasteiger partial charge in [-0.3, -0.25) is 9.59 Å². The highest BCUT2D eigenvalue weighted by Gasteiger charge is 2.44. The summed E-state index contributed by atoms with van der Waals surface area (Å²) in [4.78, 5) is 22.3. The van der Waals surface area contributed by atoms with Gasteiger partial charge in [0.2, 0.25) is 10.0 Å². The van der Waals surface area contributed by atoms with E-state index >= 15 is 0 Å². The Morgan fingerprint density at radius 3 is 2.47 bits per heavy atom. The van der Waals surface area contributed by atoms with Crippen molar-refractivity contribution in [3.05, 3.63) is 0 Å². The predicted molar refractivity (Wildman–Crippen MR) is 66.9 cm³/mol. The fourth-order valence-corrected chi connectivity index (χ4v) is 3.85. The van der Waals surface area contributed by atoms with Crippen LogP contribution in [0.5, 0.6) is 0 Å². The van der Waals surface area contributed by atoms with Gasteiger partial charge in [-0.2, -0.15) is 0 Å². The molecule has 0 radical (unpaired) electrons. The molecule has 0 aliphatic carbocycles. The van der Waals surface area contributed by atoms with Crippen LogP contribution in [0.4, 0.5) is 0 Å². The number of carbonyl (C=O) groups is 2. The highest BCUT2D eigenvalue weighted by molar-refractivity contribution is 7.89. The maximum atomic E-state index is 12.1. The first kappa shape index (κ1) is 15.9. The molecular weight excluding hydrogens is 274 g/mol. The van der Waals surface area contributed by atoms with Crippen molar-refractivity contribution in [1.29, 1.82) is 0 Å². The predicted octanol–water partition coefficient (Wildman–Crippen LogP) is -0.0781. The molecule has 0 spiro atoms. The standard InChI is InChI=1S/C11H19NO6S/c1-8(9(13)18-3)6-19(16,17)12-5-4-11(2,7-12)10(14)15/h8H,4-7H2,1-3H3,(H,14,15). The number of methoxy groups -OCH3 is 1. The van der Waals surface area contributed by atoms with E-state index < -0.39 is 33.3 Å². The van der Waals surface area contributed by atoms with E-state index in [1.54, 1.807) is 0 Å². The van der Waals surface area contributed by atoms with Crippen molar-refractivity contribution in [2.24, 2.45) is 11.3 Å². The van der Waals surface area contributed by atoms with Gasteiger partial charge in [-0.25, -0.2) is 12.7 Å². The molecule has 2 unspecified atom stereocenters. The molecule has 1 fully saturated rings. The van der Waals surface area contributed by atoms with Crippen LogP contribution in [-0.4, -0.2) is 55.7 Å². The summed E-state index contributed by atoms with van der Waals surface area (Å²) in [6, 6.07) is 0. The second-order valence-corrected chi connectivity index (χ2v) is 7.17. The number of aliphatic carboxylic acids is 1. The van der Waals surface area contributed by atoms with Gasteiger partial charge in [0.15, 0.2) is 0 Å². The number of sulfonamides is 1. The van der Waals surface area contributed by atoms with E-state index in [-0.39, 0.29) is 25.3 Å². The summed E-state index contributed by atoms with van der Waals surface area (Å²) >= 11 is 0. The molecule has 19 heavy (non-hydrogen) atoms. The molecule has 0 aromatic carbocycles. The molecule has 2 atom stereocenters. The lowest BCUT2D eigenvalue weighted by molar-refractivity contribution is -0.147. The Morgan fingerprint density at radius 1 is 1.47 bits per heavy atom. The minimum absolute atomic E-state index is 0.0570. The molecule has 1 aliphatic rings. The van der Waals surface area contributed by atoms with Gasteiger partial charge in [0.25, 0.3) is 0 Å². The Balaban J connectivity index is 2.76. The molecule has 0 bridgehead atoms. The van der Waals surface area contributed by atoms with Crippen LogP contribution in [-0.2, 0) is 24.3 Å². The number of carbonyl (C=O) groups excluding carboxylic acids is 1. The molecule has 7 nitrogen and oxygen atoms in total. The average Bonchev–Trinajstić information content (AvgIpc) is 2.72. The van der Waals surface area contributed by atoms with Gasteiger partial charge >= 0.3 is 11.9 Å². The Kier molecular flexibility index (Phi) is 4.57. The molecule has 1 rings (SSSR count). The number of esters is 1. The van der Waals surface area contributed by atoms with Crippen LogP contribution in [0.3, 0.4) is 0 Å². The van der Waals surface area contributed by atoms with E-state index in [1.807, 2.05) is 0 Å². The Hall–Kier alpha value is -1.15. The Morgan fingerprint density at radius 2 is 2.05 bits per heavy atom. The van der Waals surface area contributed by atoms with Crippen molar-refractivity contribution in [1.82, 2.24) is 4.31 Å². The van der Waals surface area contributed by atoms with Crippen molar-refractivity contribution in [2.45, 2.75) is 20.3 Å². The van der Waals surface area contributed by atoms with Gasteiger partial charge in [-0.15, -0.1) is 0 Å². The maximum Gasteiger partial charge on any atom is 0.310 e. The molecule has 8 heteroatoms. The number of rotatable bonds is 5. The summed E-state index contributed by atoms with van der Waals surface area (Å²) in [6.07, 6.45) is 0.272. The molecule has 1 heterocycles. The highest BCUT2D eigenvalue weighted by atomic mass is 32.2. The summed E-state index contributed by atoms with van der Waals surface area (Å²) in [7, 11) is -2.45. The molecule has 1 N–H and O–H groups in total. The second kappa shape index (κ2) is 5.46. The number of ether oxygens (including phenoxy) is 1. The third-order valence-electron chi connectivity index (χ3n) is 3.41. The summed E-state index contributed by atoms with van der Waals surface area (Å²) < 4.78 is 29.8. The van der Waals surface area contributed by atoms with E-state index in [1.165, 1.54) is 21.0 Å². The first-order valence-electron chi connectivity index (χ1n) is 5.91. The van der Waals surface area contributed by atoms with Gasteiger partial charge in [0.1, 0.15) is 0 Å². The largest absolute Gasteiger partial charge is 0.481 e. The first-order chi connectivity index (χ1) is 8.62. The van der Waals surface area contributed by atoms with E-state index in [4.69, 9.17) is 5.11 Å². The van der Waals surface area contributed by atoms with E-state index in [9.17, 15) is 18.0 Å². The lowest BCUT2D eigenvalue weighted by Crippen LogP contribution is -2.38. The third-order valence-corrected chi connectivity index (χ3v) is 5.43. The van der Waals surface area contributed by atoms with Gasteiger partial charge in [0, 0.05) is 13.1 Å². The first-order valence-corrected chi connectivity index (χ1v) is 7.52. The van der Waals surface area contributed by atoms with Crippen molar-refractivity contribution in [2.75, 3.05) is 26.0 Å². The molecule has 0 aromatic rings. The molecule has 110 valence electrons. The molecular formula is C11H19NO6S. The zero-order chi connectivity index (χ0) is 14.8. The van der Waals surface area contributed by atoms with Gasteiger partial charge < -0.3 is 9.84 Å². The molecule has 1 aliphatic heterocycles. The number of hydrogen-bond donors (Lipinski definition) is 1. The lowest BCUT2D eigenvalue weighted by Gasteiger charge is -2.21. The minimum atomic E-state index is -3.65. The molecule has 0 aromatic heterocycles. The molecule has 0 saturated carbocycles. The van der Waals surface area contributed by atoms with E-state index in [0.29, 0.717) is 0 Å². The van der Waals surface area contributed by atoms with Crippen LogP contribution in [0.25, 0.3) is 0 Å². The summed E-state index contributed by atoms with van der Waals surface area (Å²) in [5, 5.41) is 9.07. The summed E-state index contributed by atoms with van der Waals surface area (Å²) in [6.45, 7) is 3.10. The normalized spacial score (nSPS) is 26.1.